The zero-order valence-electron chi connectivity index (χ0n) is 10.4. The molecule has 5 nitrogen and oxygen atoms in total. The summed E-state index contributed by atoms with van der Waals surface area (Å²) in [4.78, 5) is 11.8. The van der Waals surface area contributed by atoms with Gasteiger partial charge in [-0.05, 0) is 25.0 Å². The van der Waals surface area contributed by atoms with Crippen LogP contribution in [0, 0.1) is 0 Å². The van der Waals surface area contributed by atoms with Gasteiger partial charge >= 0.3 is 0 Å². The third kappa shape index (κ3) is 3.13. The molecule has 1 heterocycles. The number of amides is 1. The lowest BCUT2D eigenvalue weighted by Crippen LogP contribution is -2.19. The standard InChI is InChI=1S/C13H18N2O3/c1-17-9-4-5-12(11(14)7-9)15-13(16)8-10-3-2-6-18-10/h4-5,7,10H,2-3,6,8,14H2,1H3,(H,15,16). The number of anilines is 2. The van der Waals surface area contributed by atoms with E-state index in [4.69, 9.17) is 15.2 Å². The normalized spacial score (nSPS) is 18.6. The first-order chi connectivity index (χ1) is 8.69. The third-order valence-electron chi connectivity index (χ3n) is 2.97. The molecule has 18 heavy (non-hydrogen) atoms. The van der Waals surface area contributed by atoms with Crippen LogP contribution >= 0.6 is 0 Å². The fraction of sp³-hybridized carbons (Fsp3) is 0.462. The van der Waals surface area contributed by atoms with E-state index in [2.05, 4.69) is 5.32 Å². The molecule has 3 N–H and O–H groups in total. The Kier molecular flexibility index (Phi) is 4.04. The Morgan fingerprint density at radius 1 is 1.61 bits per heavy atom. The van der Waals surface area contributed by atoms with Crippen molar-refractivity contribution in [3.05, 3.63) is 18.2 Å². The predicted molar refractivity (Wildman–Crippen MR) is 69.6 cm³/mol. The monoisotopic (exact) mass is 250 g/mol. The summed E-state index contributed by atoms with van der Waals surface area (Å²) in [5.74, 6) is 0.600. The van der Waals surface area contributed by atoms with E-state index in [0.29, 0.717) is 23.5 Å². The maximum atomic E-state index is 11.8. The van der Waals surface area contributed by atoms with Crippen LogP contribution in [0.1, 0.15) is 19.3 Å². The topological polar surface area (TPSA) is 73.6 Å². The van der Waals surface area contributed by atoms with E-state index in [1.54, 1.807) is 25.3 Å². The Hall–Kier alpha value is -1.75. The molecule has 1 unspecified atom stereocenters. The molecule has 0 aromatic heterocycles. The molecular weight excluding hydrogens is 232 g/mol. The highest BCUT2D eigenvalue weighted by molar-refractivity contribution is 5.94. The van der Waals surface area contributed by atoms with E-state index in [9.17, 15) is 4.79 Å². The summed E-state index contributed by atoms with van der Waals surface area (Å²) in [7, 11) is 1.57. The minimum absolute atomic E-state index is 0.0458. The lowest BCUT2D eigenvalue weighted by atomic mass is 10.1. The van der Waals surface area contributed by atoms with Crippen LogP contribution in [0.15, 0.2) is 18.2 Å². The number of nitrogens with one attached hydrogen (secondary N) is 1. The van der Waals surface area contributed by atoms with Crippen LogP contribution in [0.2, 0.25) is 0 Å². The van der Waals surface area contributed by atoms with Gasteiger partial charge in [-0.25, -0.2) is 0 Å². The third-order valence-corrected chi connectivity index (χ3v) is 2.97. The Morgan fingerprint density at radius 2 is 2.44 bits per heavy atom. The van der Waals surface area contributed by atoms with Crippen molar-refractivity contribution in [2.45, 2.75) is 25.4 Å². The van der Waals surface area contributed by atoms with E-state index in [-0.39, 0.29) is 12.0 Å². The van der Waals surface area contributed by atoms with Crippen LogP contribution in [-0.2, 0) is 9.53 Å². The second-order valence-electron chi connectivity index (χ2n) is 4.34. The van der Waals surface area contributed by atoms with Crippen LogP contribution in [0.3, 0.4) is 0 Å². The van der Waals surface area contributed by atoms with Crippen LogP contribution in [0.25, 0.3) is 0 Å². The SMILES string of the molecule is COc1ccc(NC(=O)CC2CCCO2)c(N)c1. The highest BCUT2D eigenvalue weighted by Gasteiger charge is 2.19. The lowest BCUT2D eigenvalue weighted by molar-refractivity contribution is -0.118. The molecule has 0 bridgehead atoms. The second kappa shape index (κ2) is 5.73. The number of rotatable bonds is 4. The molecule has 0 saturated carbocycles. The highest BCUT2D eigenvalue weighted by Crippen LogP contribution is 2.24. The maximum Gasteiger partial charge on any atom is 0.227 e. The van der Waals surface area contributed by atoms with Gasteiger partial charge in [0, 0.05) is 12.7 Å². The smallest absolute Gasteiger partial charge is 0.227 e. The van der Waals surface area contributed by atoms with Gasteiger partial charge in [0.05, 0.1) is 31.0 Å². The molecule has 0 spiro atoms. The van der Waals surface area contributed by atoms with Crippen LogP contribution < -0.4 is 15.8 Å². The first-order valence-corrected chi connectivity index (χ1v) is 6.04. The van der Waals surface area contributed by atoms with E-state index in [0.717, 1.165) is 19.4 Å². The minimum atomic E-state index is -0.0706. The van der Waals surface area contributed by atoms with E-state index in [1.165, 1.54) is 0 Å². The number of nitrogen functional groups attached to an aromatic ring is 1. The lowest BCUT2D eigenvalue weighted by Gasteiger charge is -2.12. The molecule has 1 saturated heterocycles. The number of carbonyl (C=O) groups is 1. The van der Waals surface area contributed by atoms with Crippen molar-refractivity contribution in [2.24, 2.45) is 0 Å². The van der Waals surface area contributed by atoms with Gasteiger partial charge in [-0.2, -0.15) is 0 Å². The van der Waals surface area contributed by atoms with E-state index < -0.39 is 0 Å². The van der Waals surface area contributed by atoms with E-state index >= 15 is 0 Å². The quantitative estimate of drug-likeness (QED) is 0.799. The molecule has 0 aliphatic carbocycles. The summed E-state index contributed by atoms with van der Waals surface area (Å²) in [6, 6.07) is 5.18. The molecule has 1 aromatic rings. The number of ether oxygens (including phenoxy) is 2. The fourth-order valence-electron chi connectivity index (χ4n) is 1.99. The van der Waals surface area contributed by atoms with Gasteiger partial charge in [-0.15, -0.1) is 0 Å². The molecule has 5 heteroatoms. The molecule has 2 rings (SSSR count). The molecular formula is C13H18N2O3. The Balaban J connectivity index is 1.93. The van der Waals surface area contributed by atoms with Crippen molar-refractivity contribution < 1.29 is 14.3 Å². The van der Waals surface area contributed by atoms with Gasteiger partial charge in [0.1, 0.15) is 5.75 Å². The summed E-state index contributed by atoms with van der Waals surface area (Å²) >= 11 is 0. The largest absolute Gasteiger partial charge is 0.497 e. The average Bonchev–Trinajstić information content (AvgIpc) is 2.84. The molecule has 1 atom stereocenters. The number of carbonyl (C=O) groups excluding carboxylic acids is 1. The number of benzene rings is 1. The first-order valence-electron chi connectivity index (χ1n) is 6.04. The van der Waals surface area contributed by atoms with Crippen molar-refractivity contribution >= 4 is 17.3 Å². The molecule has 1 aliphatic heterocycles. The minimum Gasteiger partial charge on any atom is -0.497 e. The Bertz CT molecular complexity index is 428. The summed E-state index contributed by atoms with van der Waals surface area (Å²) < 4.78 is 10.5. The summed E-state index contributed by atoms with van der Waals surface area (Å²) in [5.41, 5.74) is 6.93. The van der Waals surface area contributed by atoms with Crippen molar-refractivity contribution in [2.75, 3.05) is 24.8 Å². The molecule has 1 amide bonds. The van der Waals surface area contributed by atoms with Crippen molar-refractivity contribution in [1.29, 1.82) is 0 Å². The summed E-state index contributed by atoms with van der Waals surface area (Å²) in [5, 5.41) is 2.79. The number of nitrogens with two attached hydrogens (primary N) is 1. The maximum absolute atomic E-state index is 11.8. The van der Waals surface area contributed by atoms with Gasteiger partial charge in [0.2, 0.25) is 5.91 Å². The second-order valence-corrected chi connectivity index (χ2v) is 4.34. The molecule has 1 aromatic carbocycles. The van der Waals surface area contributed by atoms with Crippen molar-refractivity contribution in [3.63, 3.8) is 0 Å². The van der Waals surface area contributed by atoms with Gasteiger partial charge in [-0.3, -0.25) is 4.79 Å². The predicted octanol–water partition coefficient (Wildman–Crippen LogP) is 1.78. The van der Waals surface area contributed by atoms with Crippen LogP contribution in [-0.4, -0.2) is 25.7 Å². The van der Waals surface area contributed by atoms with Crippen molar-refractivity contribution in [3.8, 4) is 5.75 Å². The van der Waals surface area contributed by atoms with Gasteiger partial charge in [0.25, 0.3) is 0 Å². The first kappa shape index (κ1) is 12.7. The number of hydrogen-bond donors (Lipinski definition) is 2. The molecule has 1 fully saturated rings. The Morgan fingerprint density at radius 3 is 3.06 bits per heavy atom. The summed E-state index contributed by atoms with van der Waals surface area (Å²) in [6.45, 7) is 0.753. The van der Waals surface area contributed by atoms with Gasteiger partial charge in [0.15, 0.2) is 0 Å². The van der Waals surface area contributed by atoms with E-state index in [1.807, 2.05) is 0 Å². The van der Waals surface area contributed by atoms with Gasteiger partial charge < -0.3 is 20.5 Å². The summed E-state index contributed by atoms with van der Waals surface area (Å²) in [6.07, 6.45) is 2.41. The molecule has 0 radical (unpaired) electrons. The van der Waals surface area contributed by atoms with Crippen LogP contribution in [0.5, 0.6) is 5.75 Å². The molecule has 1 aliphatic rings. The Labute approximate surface area is 106 Å². The molecule has 98 valence electrons. The number of methoxy groups -OCH3 is 1. The fourth-order valence-corrected chi connectivity index (χ4v) is 1.99. The zero-order valence-corrected chi connectivity index (χ0v) is 10.4. The van der Waals surface area contributed by atoms with Crippen LogP contribution in [0.4, 0.5) is 11.4 Å². The zero-order chi connectivity index (χ0) is 13.0. The van der Waals surface area contributed by atoms with Crippen molar-refractivity contribution in [1.82, 2.24) is 0 Å². The van der Waals surface area contributed by atoms with Gasteiger partial charge in [-0.1, -0.05) is 0 Å². The highest BCUT2D eigenvalue weighted by atomic mass is 16.5. The average molecular weight is 250 g/mol. The number of hydrogen-bond acceptors (Lipinski definition) is 4.